The molecule has 0 saturated heterocycles. The standard InChI is InChI=1S/C13H13N5O/c1-7-5-9(12(14)19)8(2)18(7)13-16-10-3-4-15-6-11(10)17-13/h3-6H,1-2H3,(H2,14,19)(H,16,17). The molecule has 0 fully saturated rings. The van der Waals surface area contributed by atoms with Gasteiger partial charge in [0.2, 0.25) is 5.95 Å². The molecule has 0 bridgehead atoms. The predicted molar refractivity (Wildman–Crippen MR) is 71.2 cm³/mol. The van der Waals surface area contributed by atoms with E-state index in [1.807, 2.05) is 24.5 Å². The molecule has 0 atom stereocenters. The molecule has 19 heavy (non-hydrogen) atoms. The molecule has 0 unspecified atom stereocenters. The second kappa shape index (κ2) is 3.94. The first kappa shape index (κ1) is 11.5. The van der Waals surface area contributed by atoms with Crippen LogP contribution in [0.25, 0.3) is 17.0 Å². The van der Waals surface area contributed by atoms with Gasteiger partial charge >= 0.3 is 0 Å². The summed E-state index contributed by atoms with van der Waals surface area (Å²) >= 11 is 0. The number of amides is 1. The zero-order chi connectivity index (χ0) is 13.6. The highest BCUT2D eigenvalue weighted by atomic mass is 16.1. The number of imidazole rings is 1. The highest BCUT2D eigenvalue weighted by molar-refractivity contribution is 5.94. The third-order valence-electron chi connectivity index (χ3n) is 3.18. The Bertz CT molecular complexity index is 751. The normalized spacial score (nSPS) is 11.1. The maximum atomic E-state index is 11.4. The van der Waals surface area contributed by atoms with Gasteiger partial charge in [0, 0.05) is 17.6 Å². The van der Waals surface area contributed by atoms with Crippen molar-refractivity contribution in [1.82, 2.24) is 19.5 Å². The number of hydrogen-bond acceptors (Lipinski definition) is 3. The number of hydrogen-bond donors (Lipinski definition) is 2. The van der Waals surface area contributed by atoms with E-state index in [0.717, 1.165) is 22.4 Å². The lowest BCUT2D eigenvalue weighted by Crippen LogP contribution is -2.12. The van der Waals surface area contributed by atoms with Crippen molar-refractivity contribution in [3.05, 3.63) is 41.5 Å². The minimum Gasteiger partial charge on any atom is -0.366 e. The maximum absolute atomic E-state index is 11.4. The third kappa shape index (κ3) is 1.69. The van der Waals surface area contributed by atoms with E-state index < -0.39 is 5.91 Å². The average Bonchev–Trinajstić information content (AvgIpc) is 2.90. The molecule has 3 N–H and O–H groups in total. The van der Waals surface area contributed by atoms with E-state index in [-0.39, 0.29) is 0 Å². The smallest absolute Gasteiger partial charge is 0.250 e. The molecule has 0 radical (unpaired) electrons. The van der Waals surface area contributed by atoms with E-state index in [2.05, 4.69) is 15.0 Å². The fraction of sp³-hybridized carbons (Fsp3) is 0.154. The van der Waals surface area contributed by atoms with Crippen LogP contribution in [-0.4, -0.2) is 25.4 Å². The number of carbonyl (C=O) groups excluding carboxylic acids is 1. The average molecular weight is 255 g/mol. The zero-order valence-electron chi connectivity index (χ0n) is 10.6. The summed E-state index contributed by atoms with van der Waals surface area (Å²) < 4.78 is 1.88. The first-order valence-electron chi connectivity index (χ1n) is 5.87. The largest absolute Gasteiger partial charge is 0.366 e. The number of pyridine rings is 1. The molecule has 3 rings (SSSR count). The Morgan fingerprint density at radius 2 is 2.21 bits per heavy atom. The summed E-state index contributed by atoms with van der Waals surface area (Å²) in [5.41, 5.74) is 9.23. The lowest BCUT2D eigenvalue weighted by molar-refractivity contribution is 0.0999. The SMILES string of the molecule is Cc1cc(C(N)=O)c(C)n1-c1nc2ccncc2[nH]1. The van der Waals surface area contributed by atoms with Crippen LogP contribution in [0.5, 0.6) is 0 Å². The number of nitrogens with one attached hydrogen (secondary N) is 1. The van der Waals surface area contributed by atoms with Crippen LogP contribution in [0.4, 0.5) is 0 Å². The minimum absolute atomic E-state index is 0.433. The zero-order valence-corrected chi connectivity index (χ0v) is 10.6. The topological polar surface area (TPSA) is 89.6 Å². The van der Waals surface area contributed by atoms with Crippen LogP contribution in [-0.2, 0) is 0 Å². The Morgan fingerprint density at radius 3 is 2.84 bits per heavy atom. The second-order valence-corrected chi connectivity index (χ2v) is 4.44. The molecule has 3 heterocycles. The first-order valence-corrected chi connectivity index (χ1v) is 5.87. The van der Waals surface area contributed by atoms with Gasteiger partial charge in [-0.15, -0.1) is 0 Å². The Balaban J connectivity index is 2.24. The summed E-state index contributed by atoms with van der Waals surface area (Å²) in [5, 5.41) is 0. The molecule has 3 aromatic rings. The Hall–Kier alpha value is -2.63. The summed E-state index contributed by atoms with van der Waals surface area (Å²) in [4.78, 5) is 23.1. The van der Waals surface area contributed by atoms with Gasteiger partial charge in [-0.05, 0) is 26.0 Å². The molecule has 96 valence electrons. The van der Waals surface area contributed by atoms with Crippen LogP contribution in [0, 0.1) is 13.8 Å². The van der Waals surface area contributed by atoms with Crippen molar-refractivity contribution in [2.24, 2.45) is 5.73 Å². The van der Waals surface area contributed by atoms with Crippen LogP contribution in [0.1, 0.15) is 21.7 Å². The van der Waals surface area contributed by atoms with Crippen LogP contribution in [0.3, 0.4) is 0 Å². The predicted octanol–water partition coefficient (Wildman–Crippen LogP) is 1.46. The molecule has 1 amide bonds. The monoisotopic (exact) mass is 255 g/mol. The van der Waals surface area contributed by atoms with Crippen molar-refractivity contribution in [2.75, 3.05) is 0 Å². The number of fused-ring (bicyclic) bond motifs is 1. The van der Waals surface area contributed by atoms with Crippen LogP contribution < -0.4 is 5.73 Å². The van der Waals surface area contributed by atoms with E-state index in [9.17, 15) is 4.79 Å². The number of rotatable bonds is 2. The number of H-pyrrole nitrogens is 1. The molecule has 0 aromatic carbocycles. The highest BCUT2D eigenvalue weighted by Crippen LogP contribution is 2.20. The lowest BCUT2D eigenvalue weighted by atomic mass is 10.2. The van der Waals surface area contributed by atoms with Crippen molar-refractivity contribution >= 4 is 16.9 Å². The molecule has 0 aliphatic rings. The van der Waals surface area contributed by atoms with E-state index in [1.54, 1.807) is 18.5 Å². The van der Waals surface area contributed by atoms with Crippen molar-refractivity contribution < 1.29 is 4.79 Å². The summed E-state index contributed by atoms with van der Waals surface area (Å²) in [6.45, 7) is 3.75. The van der Waals surface area contributed by atoms with Gasteiger partial charge in [-0.2, -0.15) is 0 Å². The molecule has 6 heteroatoms. The fourth-order valence-electron chi connectivity index (χ4n) is 2.29. The summed E-state index contributed by atoms with van der Waals surface area (Å²) in [6.07, 6.45) is 3.41. The van der Waals surface area contributed by atoms with Crippen LogP contribution in [0.15, 0.2) is 24.5 Å². The van der Waals surface area contributed by atoms with Gasteiger partial charge in [0.15, 0.2) is 0 Å². The fourth-order valence-corrected chi connectivity index (χ4v) is 2.29. The number of carbonyl (C=O) groups is 1. The molecule has 0 spiro atoms. The van der Waals surface area contributed by atoms with E-state index >= 15 is 0 Å². The van der Waals surface area contributed by atoms with Gasteiger partial charge in [-0.3, -0.25) is 14.3 Å². The second-order valence-electron chi connectivity index (χ2n) is 4.44. The summed E-state index contributed by atoms with van der Waals surface area (Å²) in [7, 11) is 0. The minimum atomic E-state index is -0.433. The van der Waals surface area contributed by atoms with E-state index in [1.165, 1.54) is 0 Å². The van der Waals surface area contributed by atoms with Gasteiger partial charge in [-0.25, -0.2) is 4.98 Å². The molecule has 0 aliphatic carbocycles. The lowest BCUT2D eigenvalue weighted by Gasteiger charge is -2.04. The molecular weight excluding hydrogens is 242 g/mol. The van der Waals surface area contributed by atoms with Crippen molar-refractivity contribution in [2.45, 2.75) is 13.8 Å². The summed E-state index contributed by atoms with van der Waals surface area (Å²) in [6, 6.07) is 3.60. The maximum Gasteiger partial charge on any atom is 0.250 e. The molecule has 3 aromatic heterocycles. The van der Waals surface area contributed by atoms with Crippen molar-refractivity contribution in [3.63, 3.8) is 0 Å². The molecule has 0 saturated carbocycles. The Kier molecular flexibility index (Phi) is 2.38. The number of nitrogens with two attached hydrogens (primary N) is 1. The third-order valence-corrected chi connectivity index (χ3v) is 3.18. The van der Waals surface area contributed by atoms with Gasteiger partial charge < -0.3 is 10.7 Å². The number of aromatic amines is 1. The number of aryl methyl sites for hydroxylation is 1. The van der Waals surface area contributed by atoms with Crippen LogP contribution >= 0.6 is 0 Å². The van der Waals surface area contributed by atoms with Gasteiger partial charge in [-0.1, -0.05) is 0 Å². The van der Waals surface area contributed by atoms with Gasteiger partial charge in [0.1, 0.15) is 0 Å². The van der Waals surface area contributed by atoms with E-state index in [4.69, 9.17) is 5.73 Å². The number of primary amides is 1. The summed E-state index contributed by atoms with van der Waals surface area (Å²) in [5.74, 6) is 0.225. The first-order chi connectivity index (χ1) is 9.08. The highest BCUT2D eigenvalue weighted by Gasteiger charge is 2.16. The van der Waals surface area contributed by atoms with Crippen molar-refractivity contribution in [1.29, 1.82) is 0 Å². The van der Waals surface area contributed by atoms with Gasteiger partial charge in [0.25, 0.3) is 5.91 Å². The molecular formula is C13H13N5O. The van der Waals surface area contributed by atoms with E-state index in [0.29, 0.717) is 11.5 Å². The number of aromatic nitrogens is 4. The van der Waals surface area contributed by atoms with Crippen molar-refractivity contribution in [3.8, 4) is 5.95 Å². The van der Waals surface area contributed by atoms with Crippen LogP contribution in [0.2, 0.25) is 0 Å². The molecule has 6 nitrogen and oxygen atoms in total. The number of nitrogens with zero attached hydrogens (tertiary/aromatic N) is 3. The molecule has 0 aliphatic heterocycles. The Labute approximate surface area is 109 Å². The Morgan fingerprint density at radius 1 is 1.42 bits per heavy atom. The quantitative estimate of drug-likeness (QED) is 0.726. The van der Waals surface area contributed by atoms with Gasteiger partial charge in [0.05, 0.1) is 22.8 Å².